The van der Waals surface area contributed by atoms with Gasteiger partial charge in [-0.2, -0.15) is 0 Å². The van der Waals surface area contributed by atoms with E-state index in [2.05, 4.69) is 32.5 Å². The van der Waals surface area contributed by atoms with Crippen LogP contribution < -0.4 is 15.4 Å². The van der Waals surface area contributed by atoms with E-state index >= 15 is 0 Å². The molecule has 0 atom stereocenters. The maximum Gasteiger partial charge on any atom is 0.190 e. The Labute approximate surface area is 168 Å². The SMILES string of the molecule is CN=C(NCCCN1CCCN(C)CC1)NCCc1ccc(OC)cc1Cl. The van der Waals surface area contributed by atoms with Crippen molar-refractivity contribution in [1.29, 1.82) is 0 Å². The summed E-state index contributed by atoms with van der Waals surface area (Å²) >= 11 is 6.29. The van der Waals surface area contributed by atoms with E-state index in [1.54, 1.807) is 14.2 Å². The summed E-state index contributed by atoms with van der Waals surface area (Å²) in [6, 6.07) is 5.80. The topological polar surface area (TPSA) is 52.1 Å². The Morgan fingerprint density at radius 1 is 1.19 bits per heavy atom. The van der Waals surface area contributed by atoms with Gasteiger partial charge in [-0.1, -0.05) is 17.7 Å². The standard InChI is InChI=1S/C20H34ClN5O/c1-22-20(23-9-4-12-26-13-5-11-25(2)14-15-26)24-10-8-17-6-7-18(27-3)16-19(17)21/h6-7,16H,4-5,8-15H2,1-3H3,(H2,22,23,24). The third-order valence-corrected chi connectivity index (χ3v) is 5.28. The molecule has 7 heteroatoms. The molecule has 6 nitrogen and oxygen atoms in total. The first-order valence-electron chi connectivity index (χ1n) is 9.80. The second kappa shape index (κ2) is 12.1. The van der Waals surface area contributed by atoms with Crippen molar-refractivity contribution in [3.05, 3.63) is 28.8 Å². The first-order valence-corrected chi connectivity index (χ1v) is 10.2. The van der Waals surface area contributed by atoms with Crippen LogP contribution in [-0.4, -0.2) is 82.8 Å². The first kappa shape index (κ1) is 21.8. The molecule has 1 fully saturated rings. The predicted molar refractivity (Wildman–Crippen MR) is 114 cm³/mol. The molecule has 1 aromatic rings. The average molecular weight is 396 g/mol. The first-order chi connectivity index (χ1) is 13.1. The number of hydrogen-bond donors (Lipinski definition) is 2. The molecule has 0 spiro atoms. The maximum absolute atomic E-state index is 6.29. The number of ether oxygens (including phenoxy) is 1. The molecule has 0 unspecified atom stereocenters. The van der Waals surface area contributed by atoms with Gasteiger partial charge in [-0.25, -0.2) is 0 Å². The minimum absolute atomic E-state index is 0.738. The highest BCUT2D eigenvalue weighted by Gasteiger charge is 2.11. The highest BCUT2D eigenvalue weighted by atomic mass is 35.5. The number of hydrogen-bond acceptors (Lipinski definition) is 4. The number of nitrogens with zero attached hydrogens (tertiary/aromatic N) is 3. The van der Waals surface area contributed by atoms with E-state index in [9.17, 15) is 0 Å². The van der Waals surface area contributed by atoms with Gasteiger partial charge in [0.25, 0.3) is 0 Å². The van der Waals surface area contributed by atoms with Crippen molar-refractivity contribution in [1.82, 2.24) is 20.4 Å². The largest absolute Gasteiger partial charge is 0.497 e. The number of likely N-dealkylation sites (N-methyl/N-ethyl adjacent to an activating group) is 1. The van der Waals surface area contributed by atoms with Crippen LogP contribution in [0.25, 0.3) is 0 Å². The lowest BCUT2D eigenvalue weighted by Crippen LogP contribution is -2.40. The summed E-state index contributed by atoms with van der Waals surface area (Å²) in [5.74, 6) is 1.63. The van der Waals surface area contributed by atoms with Gasteiger partial charge >= 0.3 is 0 Å². The Morgan fingerprint density at radius 3 is 2.74 bits per heavy atom. The van der Waals surface area contributed by atoms with Crippen molar-refractivity contribution < 1.29 is 4.74 Å². The van der Waals surface area contributed by atoms with Crippen molar-refractivity contribution >= 4 is 17.6 Å². The molecule has 0 radical (unpaired) electrons. The highest BCUT2D eigenvalue weighted by Crippen LogP contribution is 2.22. The van der Waals surface area contributed by atoms with Crippen LogP contribution >= 0.6 is 11.6 Å². The monoisotopic (exact) mass is 395 g/mol. The number of methoxy groups -OCH3 is 1. The van der Waals surface area contributed by atoms with Crippen LogP contribution in [0, 0.1) is 0 Å². The van der Waals surface area contributed by atoms with Crippen molar-refractivity contribution in [2.45, 2.75) is 19.3 Å². The van der Waals surface area contributed by atoms with E-state index in [0.717, 1.165) is 54.8 Å². The quantitative estimate of drug-likeness (QED) is 0.401. The van der Waals surface area contributed by atoms with Crippen molar-refractivity contribution in [3.63, 3.8) is 0 Å². The van der Waals surface area contributed by atoms with Crippen LogP contribution in [0.1, 0.15) is 18.4 Å². The molecule has 1 aliphatic heterocycles. The fraction of sp³-hybridized carbons (Fsp3) is 0.650. The summed E-state index contributed by atoms with van der Waals surface area (Å²) in [4.78, 5) is 9.28. The summed E-state index contributed by atoms with van der Waals surface area (Å²) in [5, 5.41) is 7.50. The fourth-order valence-corrected chi connectivity index (χ4v) is 3.49. The van der Waals surface area contributed by atoms with Crippen LogP contribution in [0.5, 0.6) is 5.75 Å². The van der Waals surface area contributed by atoms with Gasteiger partial charge in [-0.15, -0.1) is 0 Å². The molecule has 2 N–H and O–H groups in total. The van der Waals surface area contributed by atoms with Gasteiger partial charge in [0.05, 0.1) is 7.11 Å². The minimum atomic E-state index is 0.738. The smallest absolute Gasteiger partial charge is 0.190 e. The molecular formula is C20H34ClN5O. The van der Waals surface area contributed by atoms with Crippen molar-refractivity contribution in [3.8, 4) is 5.75 Å². The number of halogens is 1. The molecule has 1 aromatic carbocycles. The normalized spacial score (nSPS) is 16.8. The third kappa shape index (κ3) is 7.95. The molecule has 1 saturated heterocycles. The zero-order chi connectivity index (χ0) is 19.5. The van der Waals surface area contributed by atoms with E-state index < -0.39 is 0 Å². The Morgan fingerprint density at radius 2 is 2.00 bits per heavy atom. The van der Waals surface area contributed by atoms with Gasteiger partial charge in [-0.05, 0) is 63.6 Å². The number of aliphatic imine (C=N–C) groups is 1. The van der Waals surface area contributed by atoms with Crippen molar-refractivity contribution in [2.24, 2.45) is 4.99 Å². The van der Waals surface area contributed by atoms with Gasteiger partial charge in [0, 0.05) is 38.2 Å². The maximum atomic E-state index is 6.29. The lowest BCUT2D eigenvalue weighted by atomic mass is 10.1. The Bertz CT molecular complexity index is 596. The number of rotatable bonds is 8. The Balaban J connectivity index is 1.63. The third-order valence-electron chi connectivity index (χ3n) is 4.93. The molecular weight excluding hydrogens is 362 g/mol. The Kier molecular flexibility index (Phi) is 9.73. The number of nitrogens with one attached hydrogen (secondary N) is 2. The summed E-state index contributed by atoms with van der Waals surface area (Å²) < 4.78 is 5.19. The second-order valence-corrected chi connectivity index (χ2v) is 7.39. The average Bonchev–Trinajstić information content (AvgIpc) is 2.89. The van der Waals surface area contributed by atoms with Crippen LogP contribution in [0.3, 0.4) is 0 Å². The van der Waals surface area contributed by atoms with E-state index in [1.165, 1.54) is 32.6 Å². The predicted octanol–water partition coefficient (Wildman–Crippen LogP) is 2.08. The van der Waals surface area contributed by atoms with Gasteiger partial charge in [0.1, 0.15) is 5.75 Å². The van der Waals surface area contributed by atoms with E-state index in [1.807, 2.05) is 18.2 Å². The molecule has 0 saturated carbocycles. The molecule has 1 heterocycles. The molecule has 27 heavy (non-hydrogen) atoms. The van der Waals surface area contributed by atoms with Crippen LogP contribution in [0.2, 0.25) is 5.02 Å². The van der Waals surface area contributed by atoms with Crippen molar-refractivity contribution in [2.75, 3.05) is 67.0 Å². The van der Waals surface area contributed by atoms with Gasteiger partial charge in [0.2, 0.25) is 0 Å². The summed E-state index contributed by atoms with van der Waals surface area (Å²) in [6.07, 6.45) is 3.22. The number of benzene rings is 1. The molecule has 1 aliphatic rings. The van der Waals surface area contributed by atoms with Crippen LogP contribution in [-0.2, 0) is 6.42 Å². The lowest BCUT2D eigenvalue weighted by Gasteiger charge is -2.20. The molecule has 152 valence electrons. The fourth-order valence-electron chi connectivity index (χ4n) is 3.23. The molecule has 0 bridgehead atoms. The zero-order valence-electron chi connectivity index (χ0n) is 16.9. The molecule has 0 aliphatic carbocycles. The van der Waals surface area contributed by atoms with Crippen LogP contribution in [0.15, 0.2) is 23.2 Å². The van der Waals surface area contributed by atoms with Gasteiger partial charge in [-0.3, -0.25) is 4.99 Å². The van der Waals surface area contributed by atoms with E-state index in [4.69, 9.17) is 16.3 Å². The van der Waals surface area contributed by atoms with E-state index in [0.29, 0.717) is 0 Å². The summed E-state index contributed by atoms with van der Waals surface area (Å²) in [7, 11) is 5.66. The summed E-state index contributed by atoms with van der Waals surface area (Å²) in [5.41, 5.74) is 1.10. The zero-order valence-corrected chi connectivity index (χ0v) is 17.7. The summed E-state index contributed by atoms with van der Waals surface area (Å²) in [6.45, 7) is 7.61. The molecule has 0 aromatic heterocycles. The second-order valence-electron chi connectivity index (χ2n) is 6.99. The molecule has 2 rings (SSSR count). The lowest BCUT2D eigenvalue weighted by molar-refractivity contribution is 0.274. The van der Waals surface area contributed by atoms with Gasteiger partial charge < -0.3 is 25.2 Å². The number of guanidine groups is 1. The minimum Gasteiger partial charge on any atom is -0.497 e. The highest BCUT2D eigenvalue weighted by molar-refractivity contribution is 6.31. The van der Waals surface area contributed by atoms with Crippen LogP contribution in [0.4, 0.5) is 0 Å². The molecule has 0 amide bonds. The van der Waals surface area contributed by atoms with Gasteiger partial charge in [0.15, 0.2) is 5.96 Å². The Hall–Kier alpha value is -1.50. The van der Waals surface area contributed by atoms with E-state index in [-0.39, 0.29) is 0 Å².